The predicted molar refractivity (Wildman–Crippen MR) is 117 cm³/mol. The number of phenols is 1. The molecule has 0 bridgehead atoms. The number of aromatic hydroxyl groups is 1. The summed E-state index contributed by atoms with van der Waals surface area (Å²) in [6, 6.07) is 12.2. The Labute approximate surface area is 179 Å². The molecule has 3 rings (SSSR count). The molecule has 30 heavy (non-hydrogen) atoms. The lowest BCUT2D eigenvalue weighted by atomic mass is 10.1. The summed E-state index contributed by atoms with van der Waals surface area (Å²) < 4.78 is 1.98. The highest BCUT2D eigenvalue weighted by Gasteiger charge is 2.11. The lowest BCUT2D eigenvalue weighted by molar-refractivity contribution is -0.118. The van der Waals surface area contributed by atoms with Crippen LogP contribution in [0.3, 0.4) is 0 Å². The van der Waals surface area contributed by atoms with Gasteiger partial charge in [0.1, 0.15) is 5.75 Å². The lowest BCUT2D eigenvalue weighted by Gasteiger charge is -2.11. The van der Waals surface area contributed by atoms with Crippen molar-refractivity contribution >= 4 is 23.6 Å². The van der Waals surface area contributed by atoms with Gasteiger partial charge in [-0.05, 0) is 55.3 Å². The number of aryl methyl sites for hydroxylation is 2. The Bertz CT molecular complexity index is 1030. The van der Waals surface area contributed by atoms with E-state index in [1.807, 2.05) is 24.6 Å². The molecule has 0 spiro atoms. The predicted octanol–water partition coefficient (Wildman–Crippen LogP) is 2.83. The van der Waals surface area contributed by atoms with E-state index in [1.165, 1.54) is 36.0 Å². The number of thioether (sulfide) groups is 1. The molecular formula is C22H24N4O3S. The fourth-order valence-corrected chi connectivity index (χ4v) is 3.63. The fourth-order valence-electron chi connectivity index (χ4n) is 2.83. The summed E-state index contributed by atoms with van der Waals surface area (Å²) >= 11 is 1.36. The molecule has 1 aromatic heterocycles. The molecule has 0 aliphatic carbocycles. The zero-order valence-electron chi connectivity index (χ0n) is 16.9. The zero-order valence-corrected chi connectivity index (χ0v) is 17.7. The maximum Gasteiger partial charge on any atom is 0.251 e. The third-order valence-electron chi connectivity index (χ3n) is 4.43. The average molecular weight is 425 g/mol. The van der Waals surface area contributed by atoms with Crippen molar-refractivity contribution in [3.63, 3.8) is 0 Å². The molecular weight excluding hydrogens is 400 g/mol. The highest BCUT2D eigenvalue weighted by molar-refractivity contribution is 7.99. The van der Waals surface area contributed by atoms with Crippen molar-refractivity contribution in [1.82, 2.24) is 20.2 Å². The minimum absolute atomic E-state index is 0.106. The van der Waals surface area contributed by atoms with Crippen molar-refractivity contribution in [2.24, 2.45) is 0 Å². The molecule has 8 heteroatoms. The number of rotatable bonds is 8. The first-order valence-electron chi connectivity index (χ1n) is 9.52. The second kappa shape index (κ2) is 9.98. The second-order valence-electron chi connectivity index (χ2n) is 6.81. The van der Waals surface area contributed by atoms with E-state index in [4.69, 9.17) is 0 Å². The van der Waals surface area contributed by atoms with Crippen molar-refractivity contribution in [3.05, 3.63) is 71.5 Å². The molecule has 2 amide bonds. The van der Waals surface area contributed by atoms with Crippen LogP contribution in [0, 0.1) is 13.8 Å². The number of hydrogen-bond acceptors (Lipinski definition) is 5. The third-order valence-corrected chi connectivity index (χ3v) is 5.39. The molecule has 0 aliphatic rings. The second-order valence-corrected chi connectivity index (χ2v) is 7.75. The Balaban J connectivity index is 1.44. The van der Waals surface area contributed by atoms with E-state index in [0.717, 1.165) is 22.0 Å². The van der Waals surface area contributed by atoms with E-state index in [1.54, 1.807) is 6.20 Å². The van der Waals surface area contributed by atoms with Crippen LogP contribution in [0.5, 0.6) is 5.75 Å². The van der Waals surface area contributed by atoms with E-state index >= 15 is 0 Å². The van der Waals surface area contributed by atoms with Gasteiger partial charge in [-0.15, -0.1) is 0 Å². The van der Waals surface area contributed by atoms with Gasteiger partial charge < -0.3 is 15.7 Å². The number of hydrogen-bond donors (Lipinski definition) is 3. The molecule has 3 aromatic rings. The van der Waals surface area contributed by atoms with Crippen molar-refractivity contribution in [1.29, 1.82) is 0 Å². The van der Waals surface area contributed by atoms with Gasteiger partial charge in [0, 0.05) is 31.0 Å². The van der Waals surface area contributed by atoms with Gasteiger partial charge >= 0.3 is 0 Å². The van der Waals surface area contributed by atoms with Gasteiger partial charge in [0.05, 0.1) is 11.4 Å². The van der Waals surface area contributed by atoms with Gasteiger partial charge in [0.15, 0.2) is 5.16 Å². The molecule has 7 nitrogen and oxygen atoms in total. The molecule has 0 unspecified atom stereocenters. The van der Waals surface area contributed by atoms with Gasteiger partial charge in [0.2, 0.25) is 5.91 Å². The molecule has 0 fully saturated rings. The van der Waals surface area contributed by atoms with Crippen LogP contribution in [-0.4, -0.2) is 45.3 Å². The minimum atomic E-state index is -0.255. The first kappa shape index (κ1) is 21.4. The molecule has 0 radical (unpaired) electrons. The number of carbonyl (C=O) groups excluding carboxylic acids is 2. The SMILES string of the molecule is Cc1ccc(C)c(-n2ccnc2SCC(=O)NCCNC(=O)c2ccc(O)cc2)c1. The molecule has 1 heterocycles. The van der Waals surface area contributed by atoms with Crippen LogP contribution in [0.1, 0.15) is 21.5 Å². The van der Waals surface area contributed by atoms with Crippen molar-refractivity contribution in [2.45, 2.75) is 19.0 Å². The number of nitrogens with zero attached hydrogens (tertiary/aromatic N) is 2. The van der Waals surface area contributed by atoms with Crippen molar-refractivity contribution in [2.75, 3.05) is 18.8 Å². The topological polar surface area (TPSA) is 96.3 Å². The summed E-state index contributed by atoms with van der Waals surface area (Å²) in [4.78, 5) is 28.5. The number of nitrogens with one attached hydrogen (secondary N) is 2. The number of benzene rings is 2. The number of aromatic nitrogens is 2. The van der Waals surface area contributed by atoms with E-state index in [-0.39, 0.29) is 23.3 Å². The molecule has 0 saturated carbocycles. The summed E-state index contributed by atoms with van der Waals surface area (Å²) in [5.74, 6) is -0.0496. The van der Waals surface area contributed by atoms with Crippen LogP contribution in [0.4, 0.5) is 0 Å². The Kier molecular flexibility index (Phi) is 7.13. The summed E-state index contributed by atoms with van der Waals surface area (Å²) in [7, 11) is 0. The number of amides is 2. The molecule has 3 N–H and O–H groups in total. The van der Waals surface area contributed by atoms with E-state index in [0.29, 0.717) is 18.7 Å². The smallest absolute Gasteiger partial charge is 0.251 e. The Morgan fingerprint density at radius 3 is 2.57 bits per heavy atom. The Morgan fingerprint density at radius 2 is 1.80 bits per heavy atom. The van der Waals surface area contributed by atoms with Crippen molar-refractivity contribution in [3.8, 4) is 11.4 Å². The van der Waals surface area contributed by atoms with Gasteiger partial charge in [-0.1, -0.05) is 23.9 Å². The first-order valence-corrected chi connectivity index (χ1v) is 10.5. The van der Waals surface area contributed by atoms with Gasteiger partial charge in [-0.2, -0.15) is 0 Å². The third kappa shape index (κ3) is 5.64. The van der Waals surface area contributed by atoms with E-state index < -0.39 is 0 Å². The fraction of sp³-hybridized carbons (Fsp3) is 0.227. The maximum atomic E-state index is 12.1. The Hall–Kier alpha value is -3.26. The lowest BCUT2D eigenvalue weighted by Crippen LogP contribution is -2.35. The van der Waals surface area contributed by atoms with Gasteiger partial charge in [-0.3, -0.25) is 14.2 Å². The molecule has 0 atom stereocenters. The average Bonchev–Trinajstić information content (AvgIpc) is 3.20. The zero-order chi connectivity index (χ0) is 21.5. The summed E-state index contributed by atoms with van der Waals surface area (Å²) in [5, 5.41) is 15.5. The van der Waals surface area contributed by atoms with E-state index in [2.05, 4.69) is 33.8 Å². The van der Waals surface area contributed by atoms with Gasteiger partial charge in [0.25, 0.3) is 5.91 Å². The molecule has 156 valence electrons. The molecule has 2 aromatic carbocycles. The van der Waals surface area contributed by atoms with Crippen LogP contribution in [0.15, 0.2) is 60.0 Å². The highest BCUT2D eigenvalue weighted by Crippen LogP contribution is 2.23. The monoisotopic (exact) mass is 424 g/mol. The molecule has 0 saturated heterocycles. The number of phenolic OH excluding ortho intramolecular Hbond substituents is 1. The standard InChI is InChI=1S/C22H24N4O3S/c1-15-3-4-16(2)19(13-15)26-12-11-25-22(26)30-14-20(28)23-9-10-24-21(29)17-5-7-18(27)8-6-17/h3-8,11-13,27H,9-10,14H2,1-2H3,(H,23,28)(H,24,29). The van der Waals surface area contributed by atoms with Crippen molar-refractivity contribution < 1.29 is 14.7 Å². The maximum absolute atomic E-state index is 12.1. The van der Waals surface area contributed by atoms with Crippen LogP contribution in [0.2, 0.25) is 0 Å². The minimum Gasteiger partial charge on any atom is -0.508 e. The summed E-state index contributed by atoms with van der Waals surface area (Å²) in [5.41, 5.74) is 3.79. The first-order chi connectivity index (χ1) is 14.4. The summed E-state index contributed by atoms with van der Waals surface area (Å²) in [6.07, 6.45) is 3.61. The molecule has 0 aliphatic heterocycles. The normalized spacial score (nSPS) is 10.6. The van der Waals surface area contributed by atoms with Crippen LogP contribution < -0.4 is 10.6 Å². The quantitative estimate of drug-likeness (QED) is 0.382. The number of carbonyl (C=O) groups is 2. The highest BCUT2D eigenvalue weighted by atomic mass is 32.2. The summed E-state index contributed by atoms with van der Waals surface area (Å²) in [6.45, 7) is 4.73. The van der Waals surface area contributed by atoms with Gasteiger partial charge in [-0.25, -0.2) is 4.98 Å². The van der Waals surface area contributed by atoms with E-state index in [9.17, 15) is 14.7 Å². The van der Waals surface area contributed by atoms with Crippen LogP contribution in [0.25, 0.3) is 5.69 Å². The Morgan fingerprint density at radius 1 is 1.07 bits per heavy atom. The largest absolute Gasteiger partial charge is 0.508 e. The van der Waals surface area contributed by atoms with Crippen LogP contribution in [-0.2, 0) is 4.79 Å². The van der Waals surface area contributed by atoms with Crippen LogP contribution >= 0.6 is 11.8 Å². The number of imidazole rings is 1.